The van der Waals surface area contributed by atoms with Crippen LogP contribution in [0.15, 0.2) is 0 Å². The Morgan fingerprint density at radius 1 is 1.47 bits per heavy atom. The number of aliphatic carboxylic acids is 1. The highest BCUT2D eigenvalue weighted by atomic mass is 16.8. The van der Waals surface area contributed by atoms with Gasteiger partial charge in [0, 0.05) is 13.8 Å². The Bertz CT molecular complexity index is 305. The van der Waals surface area contributed by atoms with Crippen molar-refractivity contribution in [2.75, 3.05) is 0 Å². The smallest absolute Gasteiger partial charge is 0.339 e. The van der Waals surface area contributed by atoms with Crippen LogP contribution in [0.1, 0.15) is 20.8 Å². The van der Waals surface area contributed by atoms with Gasteiger partial charge >= 0.3 is 11.9 Å². The molecule has 1 aliphatic rings. The number of carbonyl (C=O) groups excluding carboxylic acids is 2. The van der Waals surface area contributed by atoms with Crippen molar-refractivity contribution in [2.45, 2.75) is 32.7 Å². The number of hydrogen-bond donors (Lipinski definition) is 1. The number of ketones is 1. The standard InChI is InChI=1S/C9H12O6/c1-4(10)5(7(11)12)6-8(13)15-9(2,3)14-6/h5-6H,1-3H3,(H,11,12). The number of carboxylic acid groups (broad SMARTS) is 1. The number of esters is 1. The van der Waals surface area contributed by atoms with Crippen LogP contribution in [0.3, 0.4) is 0 Å². The van der Waals surface area contributed by atoms with E-state index in [9.17, 15) is 14.4 Å². The molecular weight excluding hydrogens is 204 g/mol. The topological polar surface area (TPSA) is 89.9 Å². The zero-order valence-corrected chi connectivity index (χ0v) is 8.64. The van der Waals surface area contributed by atoms with Crippen molar-refractivity contribution >= 4 is 17.7 Å². The molecule has 0 spiro atoms. The van der Waals surface area contributed by atoms with Crippen LogP contribution >= 0.6 is 0 Å². The van der Waals surface area contributed by atoms with Crippen LogP contribution in [0.25, 0.3) is 0 Å². The number of hydrogen-bond acceptors (Lipinski definition) is 5. The van der Waals surface area contributed by atoms with Crippen LogP contribution in [-0.4, -0.2) is 34.7 Å². The summed E-state index contributed by atoms with van der Waals surface area (Å²) in [6.45, 7) is 4.05. The van der Waals surface area contributed by atoms with Crippen LogP contribution in [0.2, 0.25) is 0 Å². The van der Waals surface area contributed by atoms with Crippen molar-refractivity contribution in [1.29, 1.82) is 0 Å². The zero-order chi connectivity index (χ0) is 11.8. The van der Waals surface area contributed by atoms with Gasteiger partial charge in [-0.05, 0) is 6.92 Å². The highest BCUT2D eigenvalue weighted by molar-refractivity contribution is 6.02. The lowest BCUT2D eigenvalue weighted by Crippen LogP contribution is -2.38. The first kappa shape index (κ1) is 11.6. The van der Waals surface area contributed by atoms with Gasteiger partial charge in [0.1, 0.15) is 5.78 Å². The molecule has 0 amide bonds. The predicted octanol–water partition coefficient (Wildman–Crippen LogP) is -0.0457. The Morgan fingerprint density at radius 2 is 2.00 bits per heavy atom. The lowest BCUT2D eigenvalue weighted by atomic mass is 9.99. The van der Waals surface area contributed by atoms with Crippen LogP contribution in [-0.2, 0) is 23.9 Å². The summed E-state index contributed by atoms with van der Waals surface area (Å²) in [6, 6.07) is 0. The minimum Gasteiger partial charge on any atom is -0.481 e. The Kier molecular flexibility index (Phi) is 2.81. The van der Waals surface area contributed by atoms with E-state index in [-0.39, 0.29) is 0 Å². The molecule has 15 heavy (non-hydrogen) atoms. The van der Waals surface area contributed by atoms with E-state index in [0.29, 0.717) is 0 Å². The third-order valence-corrected chi connectivity index (χ3v) is 2.00. The molecule has 1 heterocycles. The molecule has 0 aromatic heterocycles. The predicted molar refractivity (Wildman–Crippen MR) is 46.9 cm³/mol. The third kappa shape index (κ3) is 2.33. The van der Waals surface area contributed by atoms with Crippen molar-refractivity contribution in [3.8, 4) is 0 Å². The maximum Gasteiger partial charge on any atom is 0.339 e. The minimum absolute atomic E-state index is 0.637. The number of carboxylic acids is 1. The molecule has 2 atom stereocenters. The molecule has 0 radical (unpaired) electrons. The summed E-state index contributed by atoms with van der Waals surface area (Å²) in [4.78, 5) is 33.1. The second kappa shape index (κ2) is 3.62. The van der Waals surface area contributed by atoms with Gasteiger partial charge < -0.3 is 14.6 Å². The van der Waals surface area contributed by atoms with E-state index in [1.807, 2.05) is 0 Å². The monoisotopic (exact) mass is 216 g/mol. The van der Waals surface area contributed by atoms with Crippen molar-refractivity contribution in [3.05, 3.63) is 0 Å². The van der Waals surface area contributed by atoms with Crippen LogP contribution in [0.5, 0.6) is 0 Å². The van der Waals surface area contributed by atoms with Crippen LogP contribution in [0, 0.1) is 5.92 Å². The quantitative estimate of drug-likeness (QED) is 0.525. The fourth-order valence-corrected chi connectivity index (χ4v) is 1.40. The molecule has 0 aromatic carbocycles. The largest absolute Gasteiger partial charge is 0.481 e. The number of rotatable bonds is 3. The van der Waals surface area contributed by atoms with Crippen molar-refractivity contribution in [3.63, 3.8) is 0 Å². The first-order chi connectivity index (χ1) is 6.74. The SMILES string of the molecule is CC(=O)C(C(=O)O)C1OC(C)(C)OC1=O. The summed E-state index contributed by atoms with van der Waals surface area (Å²) in [5.41, 5.74) is 0. The molecule has 6 heteroatoms. The fourth-order valence-electron chi connectivity index (χ4n) is 1.40. The molecule has 1 N–H and O–H groups in total. The minimum atomic E-state index is -1.50. The molecule has 0 bridgehead atoms. The van der Waals surface area contributed by atoms with Gasteiger partial charge in [0.05, 0.1) is 0 Å². The van der Waals surface area contributed by atoms with Gasteiger partial charge in [-0.3, -0.25) is 9.59 Å². The summed E-state index contributed by atoms with van der Waals surface area (Å²) in [5.74, 6) is -5.52. The normalized spacial score (nSPS) is 25.8. The second-order valence-electron chi connectivity index (χ2n) is 3.79. The molecule has 0 aliphatic carbocycles. The van der Waals surface area contributed by atoms with Gasteiger partial charge in [0.2, 0.25) is 5.79 Å². The van der Waals surface area contributed by atoms with E-state index in [2.05, 4.69) is 0 Å². The number of ether oxygens (including phenoxy) is 2. The molecule has 6 nitrogen and oxygen atoms in total. The number of cyclic esters (lactones) is 1. The lowest BCUT2D eigenvalue weighted by Gasteiger charge is -2.17. The second-order valence-corrected chi connectivity index (χ2v) is 3.79. The van der Waals surface area contributed by atoms with Gasteiger partial charge in [-0.15, -0.1) is 0 Å². The molecule has 2 unspecified atom stereocenters. The van der Waals surface area contributed by atoms with E-state index in [1.54, 1.807) is 0 Å². The van der Waals surface area contributed by atoms with E-state index in [1.165, 1.54) is 13.8 Å². The van der Waals surface area contributed by atoms with Gasteiger partial charge in [-0.2, -0.15) is 0 Å². The van der Waals surface area contributed by atoms with E-state index in [0.717, 1.165) is 6.92 Å². The van der Waals surface area contributed by atoms with E-state index < -0.39 is 35.5 Å². The summed E-state index contributed by atoms with van der Waals surface area (Å²) in [7, 11) is 0. The van der Waals surface area contributed by atoms with E-state index in [4.69, 9.17) is 14.6 Å². The molecule has 84 valence electrons. The first-order valence-corrected chi connectivity index (χ1v) is 4.38. The first-order valence-electron chi connectivity index (χ1n) is 4.38. The fraction of sp³-hybridized carbons (Fsp3) is 0.667. The van der Waals surface area contributed by atoms with Gasteiger partial charge in [-0.1, -0.05) is 0 Å². The average Bonchev–Trinajstić information content (AvgIpc) is 2.23. The Balaban J connectivity index is 2.92. The Morgan fingerprint density at radius 3 is 2.27 bits per heavy atom. The van der Waals surface area contributed by atoms with Crippen molar-refractivity contribution in [1.82, 2.24) is 0 Å². The maximum absolute atomic E-state index is 11.3. The van der Waals surface area contributed by atoms with Gasteiger partial charge in [0.25, 0.3) is 0 Å². The lowest BCUT2D eigenvalue weighted by molar-refractivity contribution is -0.164. The highest BCUT2D eigenvalue weighted by Gasteiger charge is 2.49. The summed E-state index contributed by atoms with van der Waals surface area (Å²) < 4.78 is 9.84. The summed E-state index contributed by atoms with van der Waals surface area (Å²) >= 11 is 0. The van der Waals surface area contributed by atoms with Crippen LogP contribution < -0.4 is 0 Å². The molecular formula is C9H12O6. The Labute approximate surface area is 86.2 Å². The molecule has 1 aliphatic heterocycles. The average molecular weight is 216 g/mol. The highest BCUT2D eigenvalue weighted by Crippen LogP contribution is 2.28. The van der Waals surface area contributed by atoms with Gasteiger partial charge in [-0.25, -0.2) is 4.79 Å². The van der Waals surface area contributed by atoms with E-state index >= 15 is 0 Å². The number of Topliss-reactive ketones (excluding diaryl/α,β-unsaturated/α-hetero) is 1. The zero-order valence-electron chi connectivity index (χ0n) is 8.64. The molecule has 1 saturated heterocycles. The summed E-state index contributed by atoms with van der Waals surface area (Å²) in [6.07, 6.45) is -1.35. The van der Waals surface area contributed by atoms with Gasteiger partial charge in [0.15, 0.2) is 12.0 Å². The molecule has 0 saturated carbocycles. The van der Waals surface area contributed by atoms with Crippen molar-refractivity contribution in [2.24, 2.45) is 5.92 Å². The molecule has 0 aromatic rings. The van der Waals surface area contributed by atoms with Crippen LogP contribution in [0.4, 0.5) is 0 Å². The molecule has 1 fully saturated rings. The Hall–Kier alpha value is -1.43. The number of carbonyl (C=O) groups is 3. The third-order valence-electron chi connectivity index (χ3n) is 2.00. The van der Waals surface area contributed by atoms with Crippen molar-refractivity contribution < 1.29 is 29.0 Å². The summed E-state index contributed by atoms with van der Waals surface area (Å²) in [5, 5.41) is 8.78. The maximum atomic E-state index is 11.3. The molecule has 1 rings (SSSR count).